The number of aromatic nitrogens is 1. The number of carbonyl (C=O) groups excluding carboxylic acids is 1. The maximum Gasteiger partial charge on any atom is 0.387 e. The smallest absolute Gasteiger partial charge is 0.387 e. The van der Waals surface area contributed by atoms with Crippen LogP contribution in [0.5, 0.6) is 5.75 Å². The van der Waals surface area contributed by atoms with E-state index in [2.05, 4.69) is 20.4 Å². The van der Waals surface area contributed by atoms with Gasteiger partial charge in [0.1, 0.15) is 10.1 Å². The molecule has 0 saturated heterocycles. The second-order valence-corrected chi connectivity index (χ2v) is 8.63. The minimum absolute atomic E-state index is 0.00787. The summed E-state index contributed by atoms with van der Waals surface area (Å²) >= 11 is 3.49. The molecule has 1 N–H and O–H groups in total. The minimum atomic E-state index is -2.90. The predicted molar refractivity (Wildman–Crippen MR) is 99.3 cm³/mol. The highest BCUT2D eigenvalue weighted by molar-refractivity contribution is 8.01. The van der Waals surface area contributed by atoms with E-state index in [0.29, 0.717) is 10.8 Å². The zero-order chi connectivity index (χ0) is 18.5. The second kappa shape index (κ2) is 8.81. The lowest BCUT2D eigenvalue weighted by atomic mass is 9.94. The number of thiazole rings is 1. The number of ether oxygens (including phenoxy) is 1. The van der Waals surface area contributed by atoms with Crippen molar-refractivity contribution in [3.63, 3.8) is 0 Å². The third-order valence-electron chi connectivity index (χ3n) is 4.20. The van der Waals surface area contributed by atoms with Crippen LogP contribution in [0.2, 0.25) is 0 Å². The van der Waals surface area contributed by atoms with Crippen molar-refractivity contribution in [1.82, 2.24) is 10.3 Å². The van der Waals surface area contributed by atoms with Crippen LogP contribution in [0.4, 0.5) is 8.78 Å². The lowest BCUT2D eigenvalue weighted by Crippen LogP contribution is -2.38. The Morgan fingerprint density at radius 1 is 1.35 bits per heavy atom. The fraction of sp³-hybridized carbons (Fsp3) is 0.444. The summed E-state index contributed by atoms with van der Waals surface area (Å²) in [6, 6.07) is 5.99. The molecule has 1 amide bonds. The average Bonchev–Trinajstić information content (AvgIpc) is 3.01. The first-order valence-corrected chi connectivity index (χ1v) is 10.2. The lowest BCUT2D eigenvalue weighted by Gasteiger charge is -2.28. The maximum atomic E-state index is 12.4. The summed E-state index contributed by atoms with van der Waals surface area (Å²) in [6.45, 7) is -0.906. The number of thioether (sulfide) groups is 1. The van der Waals surface area contributed by atoms with Crippen molar-refractivity contribution >= 4 is 29.0 Å². The van der Waals surface area contributed by atoms with Gasteiger partial charge in [-0.15, -0.1) is 11.3 Å². The van der Waals surface area contributed by atoms with Crippen LogP contribution in [0.1, 0.15) is 41.7 Å². The molecule has 1 aliphatic rings. The van der Waals surface area contributed by atoms with Gasteiger partial charge >= 0.3 is 6.61 Å². The van der Waals surface area contributed by atoms with Crippen molar-refractivity contribution in [2.24, 2.45) is 0 Å². The Kier molecular flexibility index (Phi) is 6.48. The van der Waals surface area contributed by atoms with Crippen LogP contribution in [0, 0.1) is 6.92 Å². The fourth-order valence-electron chi connectivity index (χ4n) is 2.94. The molecule has 1 aliphatic carbocycles. The quantitative estimate of drug-likeness (QED) is 0.753. The molecule has 0 bridgehead atoms. The van der Waals surface area contributed by atoms with Crippen LogP contribution in [-0.2, 0) is 0 Å². The second-order valence-electron chi connectivity index (χ2n) is 6.23. The Balaban J connectivity index is 1.48. The molecule has 1 aromatic carbocycles. The third kappa shape index (κ3) is 5.41. The Hall–Kier alpha value is -1.67. The summed E-state index contributed by atoms with van der Waals surface area (Å²) < 4.78 is 30.0. The molecule has 4 nitrogen and oxygen atoms in total. The van der Waals surface area contributed by atoms with E-state index >= 15 is 0 Å². The number of alkyl halides is 2. The van der Waals surface area contributed by atoms with E-state index in [1.54, 1.807) is 17.4 Å². The van der Waals surface area contributed by atoms with Crippen molar-refractivity contribution in [1.29, 1.82) is 0 Å². The minimum Gasteiger partial charge on any atom is -0.435 e. The first kappa shape index (κ1) is 19.1. The molecule has 1 saturated carbocycles. The highest BCUT2D eigenvalue weighted by Gasteiger charge is 2.24. The van der Waals surface area contributed by atoms with E-state index in [0.717, 1.165) is 35.7 Å². The van der Waals surface area contributed by atoms with Crippen LogP contribution in [0.15, 0.2) is 34.0 Å². The molecule has 1 aromatic heterocycles. The van der Waals surface area contributed by atoms with Gasteiger partial charge in [-0.1, -0.05) is 17.8 Å². The molecule has 26 heavy (non-hydrogen) atoms. The standard InChI is InChI=1S/C18H20F2N2O2S2/c1-11-10-25-18(21-11)26-15-7-5-13(6-8-15)22-16(23)12-3-2-4-14(9-12)24-17(19)20/h2-4,9-10,13,15,17H,5-8H2,1H3,(H,22,23). The zero-order valence-electron chi connectivity index (χ0n) is 14.3. The first-order valence-electron chi connectivity index (χ1n) is 8.44. The summed E-state index contributed by atoms with van der Waals surface area (Å²) in [7, 11) is 0. The lowest BCUT2D eigenvalue weighted by molar-refractivity contribution is -0.0498. The zero-order valence-corrected chi connectivity index (χ0v) is 15.9. The number of benzene rings is 1. The molecule has 140 valence electrons. The molecule has 0 aliphatic heterocycles. The summed E-state index contributed by atoms with van der Waals surface area (Å²) in [5.41, 5.74) is 1.38. The maximum absolute atomic E-state index is 12.4. The van der Waals surface area contributed by atoms with E-state index in [-0.39, 0.29) is 17.7 Å². The van der Waals surface area contributed by atoms with Crippen LogP contribution in [0.25, 0.3) is 0 Å². The summed E-state index contributed by atoms with van der Waals surface area (Å²) in [4.78, 5) is 16.8. The number of nitrogens with one attached hydrogen (secondary N) is 1. The normalized spacial score (nSPS) is 20.2. The van der Waals surface area contributed by atoms with Gasteiger partial charge in [-0.05, 0) is 50.8 Å². The first-order chi connectivity index (χ1) is 12.5. The predicted octanol–water partition coefficient (Wildman–Crippen LogP) is 4.89. The number of halogens is 2. The molecule has 3 rings (SSSR count). The Morgan fingerprint density at radius 2 is 2.12 bits per heavy atom. The van der Waals surface area contributed by atoms with Gasteiger partial charge in [0, 0.05) is 27.9 Å². The number of hydrogen-bond donors (Lipinski definition) is 1. The van der Waals surface area contributed by atoms with Crippen molar-refractivity contribution in [3.8, 4) is 5.75 Å². The van der Waals surface area contributed by atoms with Crippen LogP contribution in [-0.4, -0.2) is 28.8 Å². The van der Waals surface area contributed by atoms with Crippen LogP contribution < -0.4 is 10.1 Å². The fourth-order valence-corrected chi connectivity index (χ4v) is 5.22. The number of hydrogen-bond acceptors (Lipinski definition) is 5. The van der Waals surface area contributed by atoms with Crippen molar-refractivity contribution in [2.45, 2.75) is 54.8 Å². The molecule has 2 aromatic rings. The molecule has 0 spiro atoms. The summed E-state index contributed by atoms with van der Waals surface area (Å²) in [5.74, 6) is -0.261. The summed E-state index contributed by atoms with van der Waals surface area (Å²) in [5, 5.41) is 5.58. The molecule has 0 atom stereocenters. The summed E-state index contributed by atoms with van der Waals surface area (Å²) in [6.07, 6.45) is 3.84. The molecule has 1 fully saturated rings. The van der Waals surface area contributed by atoms with Crippen LogP contribution >= 0.6 is 23.1 Å². The van der Waals surface area contributed by atoms with Gasteiger partial charge < -0.3 is 10.1 Å². The molecule has 0 unspecified atom stereocenters. The van der Waals surface area contributed by atoms with Crippen molar-refractivity contribution in [2.75, 3.05) is 0 Å². The Labute approximate surface area is 159 Å². The van der Waals surface area contributed by atoms with Gasteiger partial charge in [-0.25, -0.2) is 4.98 Å². The molecule has 1 heterocycles. The van der Waals surface area contributed by atoms with E-state index in [9.17, 15) is 13.6 Å². The van der Waals surface area contributed by atoms with Crippen molar-refractivity contribution < 1.29 is 18.3 Å². The Morgan fingerprint density at radius 3 is 2.77 bits per heavy atom. The highest BCUT2D eigenvalue weighted by atomic mass is 32.2. The SMILES string of the molecule is Cc1csc(SC2CCC(NC(=O)c3cccc(OC(F)F)c3)CC2)n1. The average molecular weight is 399 g/mol. The third-order valence-corrected chi connectivity index (χ3v) is 6.62. The topological polar surface area (TPSA) is 51.2 Å². The van der Waals surface area contributed by atoms with E-state index < -0.39 is 6.61 Å². The van der Waals surface area contributed by atoms with Gasteiger partial charge in [-0.2, -0.15) is 8.78 Å². The van der Waals surface area contributed by atoms with Gasteiger partial charge in [0.05, 0.1) is 0 Å². The van der Waals surface area contributed by atoms with Gasteiger partial charge in [0.15, 0.2) is 0 Å². The number of rotatable bonds is 6. The van der Waals surface area contributed by atoms with Gasteiger partial charge in [0.2, 0.25) is 0 Å². The van der Waals surface area contributed by atoms with Crippen LogP contribution in [0.3, 0.4) is 0 Å². The number of aryl methyl sites for hydroxylation is 1. The van der Waals surface area contributed by atoms with E-state index in [1.807, 2.05) is 18.7 Å². The molecular weight excluding hydrogens is 378 g/mol. The monoisotopic (exact) mass is 398 g/mol. The molecule has 0 radical (unpaired) electrons. The molecule has 8 heteroatoms. The largest absolute Gasteiger partial charge is 0.435 e. The Bertz CT molecular complexity index is 746. The van der Waals surface area contributed by atoms with Crippen molar-refractivity contribution in [3.05, 3.63) is 40.9 Å². The van der Waals surface area contributed by atoms with Gasteiger partial charge in [-0.3, -0.25) is 4.79 Å². The number of nitrogens with zero attached hydrogens (tertiary/aromatic N) is 1. The number of amides is 1. The van der Waals surface area contributed by atoms with Gasteiger partial charge in [0.25, 0.3) is 5.91 Å². The number of carbonyl (C=O) groups is 1. The highest BCUT2D eigenvalue weighted by Crippen LogP contribution is 2.35. The van der Waals surface area contributed by atoms with E-state index in [4.69, 9.17) is 0 Å². The van der Waals surface area contributed by atoms with E-state index in [1.165, 1.54) is 18.2 Å². The molecular formula is C18H20F2N2O2S2.